The summed E-state index contributed by atoms with van der Waals surface area (Å²) in [6.45, 7) is 1.05. The molecule has 0 aliphatic carbocycles. The van der Waals surface area contributed by atoms with Crippen LogP contribution >= 0.6 is 23.2 Å². The lowest BCUT2D eigenvalue weighted by Gasteiger charge is -2.26. The summed E-state index contributed by atoms with van der Waals surface area (Å²) < 4.78 is 10.9. The molecule has 3 rings (SSSR count). The van der Waals surface area contributed by atoms with Gasteiger partial charge in [-0.05, 0) is 43.7 Å². The Labute approximate surface area is 168 Å². The number of benzene rings is 1. The normalized spacial score (nSPS) is 17.0. The fraction of sp³-hybridized carbons (Fsp3) is 0.368. The van der Waals surface area contributed by atoms with Gasteiger partial charge in [0.25, 0.3) is 0 Å². The van der Waals surface area contributed by atoms with E-state index in [9.17, 15) is 4.79 Å². The highest BCUT2D eigenvalue weighted by atomic mass is 35.5. The minimum atomic E-state index is -0.180. The molecule has 1 atom stereocenters. The first kappa shape index (κ1) is 19.7. The lowest BCUT2D eigenvalue weighted by Crippen LogP contribution is -2.33. The number of nitrogens with one attached hydrogen (secondary N) is 1. The number of amides is 1. The summed E-state index contributed by atoms with van der Waals surface area (Å²) in [4.78, 5) is 18.7. The van der Waals surface area contributed by atoms with Gasteiger partial charge in [0.15, 0.2) is 5.82 Å². The molecular weight excluding hydrogens is 389 g/mol. The topological polar surface area (TPSA) is 63.7 Å². The molecule has 1 fully saturated rings. The molecule has 0 saturated carbocycles. The highest BCUT2D eigenvalue weighted by molar-refractivity contribution is 6.36. The van der Waals surface area contributed by atoms with Gasteiger partial charge in [0, 0.05) is 17.8 Å². The van der Waals surface area contributed by atoms with Gasteiger partial charge >= 0.3 is 0 Å². The molecule has 1 aliphatic rings. The summed E-state index contributed by atoms with van der Waals surface area (Å²) in [7, 11) is 3.28. The van der Waals surface area contributed by atoms with Crippen LogP contribution < -0.4 is 14.8 Å². The molecule has 144 valence electrons. The summed E-state index contributed by atoms with van der Waals surface area (Å²) in [6.07, 6.45) is 3.39. The van der Waals surface area contributed by atoms with Gasteiger partial charge in [-0.2, -0.15) is 0 Å². The number of hydrogen-bond acceptors (Lipinski definition) is 5. The third-order valence-corrected chi connectivity index (χ3v) is 5.07. The Morgan fingerprint density at radius 2 is 2.11 bits per heavy atom. The molecule has 2 heterocycles. The smallest absolute Gasteiger partial charge is 0.239 e. The second-order valence-corrected chi connectivity index (χ2v) is 7.11. The van der Waals surface area contributed by atoms with Gasteiger partial charge in [0.05, 0.1) is 30.8 Å². The maximum absolute atomic E-state index is 12.5. The van der Waals surface area contributed by atoms with E-state index < -0.39 is 0 Å². The van der Waals surface area contributed by atoms with Crippen LogP contribution in [0.5, 0.6) is 11.5 Å². The molecule has 0 spiro atoms. The van der Waals surface area contributed by atoms with E-state index in [4.69, 9.17) is 32.7 Å². The minimum Gasteiger partial charge on any atom is -0.497 e. The number of carbonyl (C=O) groups is 1. The monoisotopic (exact) mass is 409 g/mol. The first-order valence-electron chi connectivity index (χ1n) is 8.58. The molecule has 8 heteroatoms. The average Bonchev–Trinajstić information content (AvgIpc) is 3.11. The van der Waals surface area contributed by atoms with Crippen molar-refractivity contribution >= 4 is 34.9 Å². The summed E-state index contributed by atoms with van der Waals surface area (Å²) in [6, 6.07) is 7.35. The minimum absolute atomic E-state index is 0.0782. The molecule has 1 saturated heterocycles. The highest BCUT2D eigenvalue weighted by Gasteiger charge is 2.30. The zero-order valence-electron chi connectivity index (χ0n) is 15.2. The molecular formula is C19H21Cl2N3O3. The standard InChI is InChI=1S/C19H21Cl2N3O3/c1-26-13-5-6-17(27-2)14(9-13)16-4-3-7-24(16)11-18(25)23-19-15(21)8-12(20)10-22-19/h5-6,8-10,16H,3-4,7,11H2,1-2H3,(H,22,23,25)/t16-/m1/s1. The van der Waals surface area contributed by atoms with E-state index in [1.54, 1.807) is 20.3 Å². The molecule has 0 radical (unpaired) electrons. The second kappa shape index (κ2) is 8.78. The maximum Gasteiger partial charge on any atom is 0.239 e. The number of aromatic nitrogens is 1. The third kappa shape index (κ3) is 4.64. The van der Waals surface area contributed by atoms with E-state index in [0.29, 0.717) is 15.9 Å². The van der Waals surface area contributed by atoms with Crippen LogP contribution in [-0.2, 0) is 4.79 Å². The van der Waals surface area contributed by atoms with Crippen molar-refractivity contribution < 1.29 is 14.3 Å². The first-order valence-corrected chi connectivity index (χ1v) is 9.34. The average molecular weight is 410 g/mol. The Hall–Kier alpha value is -2.02. The molecule has 1 aromatic carbocycles. The van der Waals surface area contributed by atoms with Gasteiger partial charge in [-0.15, -0.1) is 0 Å². The number of carbonyl (C=O) groups excluding carboxylic acids is 1. The van der Waals surface area contributed by atoms with E-state index >= 15 is 0 Å². The SMILES string of the molecule is COc1ccc(OC)c([C@H]2CCCN2CC(=O)Nc2ncc(Cl)cc2Cl)c1. The Kier molecular flexibility index (Phi) is 6.42. The van der Waals surface area contributed by atoms with Crippen molar-refractivity contribution in [2.75, 3.05) is 32.6 Å². The van der Waals surface area contributed by atoms with Crippen LogP contribution in [-0.4, -0.2) is 43.1 Å². The van der Waals surface area contributed by atoms with E-state index in [0.717, 1.165) is 36.4 Å². The quantitative estimate of drug-likeness (QED) is 0.774. The first-order chi connectivity index (χ1) is 13.0. The van der Waals surface area contributed by atoms with Crippen LogP contribution in [0, 0.1) is 0 Å². The number of likely N-dealkylation sites (tertiary alicyclic amines) is 1. The lowest BCUT2D eigenvalue weighted by atomic mass is 10.0. The fourth-order valence-electron chi connectivity index (χ4n) is 3.33. The number of halogens is 2. The molecule has 2 aromatic rings. The molecule has 0 bridgehead atoms. The number of anilines is 1. The van der Waals surface area contributed by atoms with Gasteiger partial charge in [-0.1, -0.05) is 23.2 Å². The summed E-state index contributed by atoms with van der Waals surface area (Å²) in [5, 5.41) is 3.48. The lowest BCUT2D eigenvalue weighted by molar-refractivity contribution is -0.117. The molecule has 1 aromatic heterocycles. The Morgan fingerprint density at radius 1 is 1.30 bits per heavy atom. The van der Waals surface area contributed by atoms with Gasteiger partial charge in [0.2, 0.25) is 5.91 Å². The van der Waals surface area contributed by atoms with Gasteiger partial charge in [-0.25, -0.2) is 4.98 Å². The van der Waals surface area contributed by atoms with Crippen LogP contribution in [0.1, 0.15) is 24.4 Å². The molecule has 27 heavy (non-hydrogen) atoms. The van der Waals surface area contributed by atoms with Crippen LogP contribution in [0.25, 0.3) is 0 Å². The molecule has 1 amide bonds. The molecule has 6 nitrogen and oxygen atoms in total. The second-order valence-electron chi connectivity index (χ2n) is 6.27. The predicted octanol–water partition coefficient (Wildman–Crippen LogP) is 4.18. The van der Waals surface area contributed by atoms with Crippen molar-refractivity contribution in [3.63, 3.8) is 0 Å². The third-order valence-electron chi connectivity index (χ3n) is 4.57. The van der Waals surface area contributed by atoms with Crippen LogP contribution in [0.4, 0.5) is 5.82 Å². The van der Waals surface area contributed by atoms with E-state index in [1.807, 2.05) is 18.2 Å². The Balaban J connectivity index is 1.74. The molecule has 0 unspecified atom stereocenters. The molecule has 1 N–H and O–H groups in total. The fourth-order valence-corrected chi connectivity index (χ4v) is 3.76. The van der Waals surface area contributed by atoms with E-state index in [-0.39, 0.29) is 18.5 Å². The summed E-state index contributed by atoms with van der Waals surface area (Å²) in [5.74, 6) is 1.68. The Morgan fingerprint density at radius 3 is 2.81 bits per heavy atom. The molecule has 1 aliphatic heterocycles. The number of methoxy groups -OCH3 is 2. The van der Waals surface area contributed by atoms with E-state index in [1.165, 1.54) is 6.20 Å². The van der Waals surface area contributed by atoms with Crippen molar-refractivity contribution in [2.24, 2.45) is 0 Å². The maximum atomic E-state index is 12.5. The van der Waals surface area contributed by atoms with Crippen molar-refractivity contribution in [3.8, 4) is 11.5 Å². The van der Waals surface area contributed by atoms with Crippen LogP contribution in [0.2, 0.25) is 10.0 Å². The van der Waals surface area contributed by atoms with Gasteiger partial charge in [0.1, 0.15) is 11.5 Å². The van der Waals surface area contributed by atoms with Crippen LogP contribution in [0.15, 0.2) is 30.5 Å². The summed E-state index contributed by atoms with van der Waals surface area (Å²) >= 11 is 11.9. The predicted molar refractivity (Wildman–Crippen MR) is 106 cm³/mol. The zero-order valence-corrected chi connectivity index (χ0v) is 16.7. The number of ether oxygens (including phenoxy) is 2. The Bertz CT molecular complexity index is 832. The zero-order chi connectivity index (χ0) is 19.4. The summed E-state index contributed by atoms with van der Waals surface area (Å²) in [5.41, 5.74) is 1.02. The highest BCUT2D eigenvalue weighted by Crippen LogP contribution is 2.38. The number of nitrogens with zero attached hydrogens (tertiary/aromatic N) is 2. The largest absolute Gasteiger partial charge is 0.497 e. The van der Waals surface area contributed by atoms with Crippen molar-refractivity contribution in [2.45, 2.75) is 18.9 Å². The number of rotatable bonds is 6. The van der Waals surface area contributed by atoms with Gasteiger partial charge in [-0.3, -0.25) is 9.69 Å². The van der Waals surface area contributed by atoms with Crippen LogP contribution in [0.3, 0.4) is 0 Å². The van der Waals surface area contributed by atoms with Crippen molar-refractivity contribution in [1.82, 2.24) is 9.88 Å². The number of pyridine rings is 1. The number of hydrogen-bond donors (Lipinski definition) is 1. The van der Waals surface area contributed by atoms with Crippen molar-refractivity contribution in [3.05, 3.63) is 46.1 Å². The van der Waals surface area contributed by atoms with E-state index in [2.05, 4.69) is 15.2 Å². The van der Waals surface area contributed by atoms with Gasteiger partial charge < -0.3 is 14.8 Å². The van der Waals surface area contributed by atoms with Crippen molar-refractivity contribution in [1.29, 1.82) is 0 Å².